The molecule has 1 aliphatic heterocycles. The number of nitrogens with two attached hydrogens (primary N) is 2. The van der Waals surface area contributed by atoms with Crippen LogP contribution in [0.4, 0.5) is 0 Å². The van der Waals surface area contributed by atoms with Crippen LogP contribution in [0, 0.1) is 6.92 Å². The highest BCUT2D eigenvalue weighted by atomic mass is 15.8. The molecule has 0 saturated heterocycles. The van der Waals surface area contributed by atoms with Crippen LogP contribution < -0.4 is 17.0 Å². The van der Waals surface area contributed by atoms with E-state index in [9.17, 15) is 0 Å². The fourth-order valence-electron chi connectivity index (χ4n) is 1.49. The van der Waals surface area contributed by atoms with E-state index in [0.717, 1.165) is 22.1 Å². The van der Waals surface area contributed by atoms with Crippen LogP contribution in [0.3, 0.4) is 0 Å². The molecule has 1 aromatic rings. The predicted octanol–water partition coefficient (Wildman–Crippen LogP) is 0.302. The van der Waals surface area contributed by atoms with Crippen LogP contribution in [0.25, 0.3) is 5.70 Å². The molecule has 0 fully saturated rings. The van der Waals surface area contributed by atoms with Gasteiger partial charge in [0.25, 0.3) is 0 Å². The second-order valence-corrected chi connectivity index (χ2v) is 3.35. The molecule has 5 nitrogen and oxygen atoms in total. The van der Waals surface area contributed by atoms with Crippen molar-refractivity contribution < 1.29 is 0 Å². The third-order valence-electron chi connectivity index (χ3n) is 2.19. The van der Waals surface area contributed by atoms with Crippen LogP contribution in [0.1, 0.15) is 11.1 Å². The van der Waals surface area contributed by atoms with Gasteiger partial charge in [-0.2, -0.15) is 0 Å². The second-order valence-electron chi connectivity index (χ2n) is 3.35. The molecule has 5 heteroatoms. The molecule has 1 heterocycles. The molecular weight excluding hydrogens is 190 g/mol. The van der Waals surface area contributed by atoms with Gasteiger partial charge in [-0.15, -0.1) is 10.3 Å². The van der Waals surface area contributed by atoms with Crippen molar-refractivity contribution in [2.24, 2.45) is 16.7 Å². The lowest BCUT2D eigenvalue weighted by atomic mass is 10.1. The number of benzene rings is 1. The minimum Gasteiger partial charge on any atom is -0.382 e. The average Bonchev–Trinajstić information content (AvgIpc) is 2.16. The van der Waals surface area contributed by atoms with Crippen molar-refractivity contribution in [3.8, 4) is 0 Å². The van der Waals surface area contributed by atoms with Gasteiger partial charge in [-0.25, -0.2) is 5.84 Å². The molecular formula is C10H13N5. The van der Waals surface area contributed by atoms with Crippen molar-refractivity contribution >= 4 is 11.5 Å². The Balaban J connectivity index is 2.41. The summed E-state index contributed by atoms with van der Waals surface area (Å²) in [4.78, 5) is 0. The Morgan fingerprint density at radius 3 is 2.73 bits per heavy atom. The minimum absolute atomic E-state index is 0.384. The molecule has 0 bridgehead atoms. The van der Waals surface area contributed by atoms with Gasteiger partial charge in [0.2, 0.25) is 0 Å². The number of nitrogens with one attached hydrogen (secondary N) is 1. The molecule has 5 N–H and O–H groups in total. The van der Waals surface area contributed by atoms with Gasteiger partial charge >= 0.3 is 0 Å². The van der Waals surface area contributed by atoms with Gasteiger partial charge in [-0.05, 0) is 12.5 Å². The molecule has 78 valence electrons. The maximum atomic E-state index is 5.61. The first-order chi connectivity index (χ1) is 7.16. The van der Waals surface area contributed by atoms with Crippen molar-refractivity contribution in [3.05, 3.63) is 41.5 Å². The molecule has 0 saturated carbocycles. The average molecular weight is 203 g/mol. The van der Waals surface area contributed by atoms with Gasteiger partial charge < -0.3 is 5.73 Å². The summed E-state index contributed by atoms with van der Waals surface area (Å²) in [6, 6.07) is 7.98. The molecule has 0 aliphatic carbocycles. The number of hydrogen-bond donors (Lipinski definition) is 3. The van der Waals surface area contributed by atoms with Crippen molar-refractivity contribution in [3.63, 3.8) is 0 Å². The highest BCUT2D eigenvalue weighted by Gasteiger charge is 2.11. The second kappa shape index (κ2) is 3.62. The van der Waals surface area contributed by atoms with Crippen molar-refractivity contribution in [2.45, 2.75) is 6.92 Å². The van der Waals surface area contributed by atoms with E-state index in [-0.39, 0.29) is 0 Å². The lowest BCUT2D eigenvalue weighted by Gasteiger charge is -2.22. The van der Waals surface area contributed by atoms with E-state index < -0.39 is 0 Å². The van der Waals surface area contributed by atoms with E-state index in [4.69, 9.17) is 11.6 Å². The van der Waals surface area contributed by atoms with Gasteiger partial charge in [0, 0.05) is 11.6 Å². The molecule has 0 amide bonds. The Labute approximate surface area is 88.0 Å². The van der Waals surface area contributed by atoms with Crippen molar-refractivity contribution in [1.29, 1.82) is 0 Å². The van der Waals surface area contributed by atoms with E-state index >= 15 is 0 Å². The summed E-state index contributed by atoms with van der Waals surface area (Å²) in [6.07, 6.45) is 1.76. The minimum atomic E-state index is 0.384. The van der Waals surface area contributed by atoms with Gasteiger partial charge in [0.05, 0.1) is 5.70 Å². The molecule has 0 atom stereocenters. The fourth-order valence-corrected chi connectivity index (χ4v) is 1.49. The lowest BCUT2D eigenvalue weighted by Crippen LogP contribution is -2.42. The zero-order valence-corrected chi connectivity index (χ0v) is 8.44. The first-order valence-electron chi connectivity index (χ1n) is 4.60. The largest absolute Gasteiger partial charge is 0.382 e. The first kappa shape index (κ1) is 9.54. The standard InChI is InChI=1S/C10H13N5/c1-7-4-2-3-5-8(7)9-6-10(11)14-15(12)13-9/h2-6,13H,12H2,1H3,(H2,11,14). The van der Waals surface area contributed by atoms with Crippen LogP contribution in [0.15, 0.2) is 35.4 Å². The molecule has 0 spiro atoms. The first-order valence-corrected chi connectivity index (χ1v) is 4.60. The van der Waals surface area contributed by atoms with Gasteiger partial charge in [-0.1, -0.05) is 24.3 Å². The molecule has 1 aromatic carbocycles. The summed E-state index contributed by atoms with van der Waals surface area (Å²) in [5.41, 5.74) is 11.6. The maximum absolute atomic E-state index is 5.61. The maximum Gasteiger partial charge on any atom is 0.149 e. The Kier molecular flexibility index (Phi) is 2.31. The van der Waals surface area contributed by atoms with Crippen LogP contribution in [0.5, 0.6) is 0 Å². The van der Waals surface area contributed by atoms with E-state index in [1.54, 1.807) is 6.08 Å². The summed E-state index contributed by atoms with van der Waals surface area (Å²) in [6.45, 7) is 2.03. The quantitative estimate of drug-likeness (QED) is 0.574. The lowest BCUT2D eigenvalue weighted by molar-refractivity contribution is 0.245. The summed E-state index contributed by atoms with van der Waals surface area (Å²) in [7, 11) is 0. The summed E-state index contributed by atoms with van der Waals surface area (Å²) in [5.74, 6) is 5.90. The van der Waals surface area contributed by atoms with Crippen LogP contribution in [0.2, 0.25) is 0 Å². The van der Waals surface area contributed by atoms with E-state index in [1.807, 2.05) is 31.2 Å². The monoisotopic (exact) mass is 203 g/mol. The van der Waals surface area contributed by atoms with Crippen LogP contribution in [-0.2, 0) is 0 Å². The number of hydrogen-bond acceptors (Lipinski definition) is 5. The number of nitrogens with zero attached hydrogens (tertiary/aromatic N) is 2. The Bertz CT molecular complexity index is 435. The van der Waals surface area contributed by atoms with E-state index in [1.165, 1.54) is 0 Å². The summed E-state index contributed by atoms with van der Waals surface area (Å²) < 4.78 is 0. The summed E-state index contributed by atoms with van der Waals surface area (Å²) in [5, 5.41) is 4.91. The fraction of sp³-hybridized carbons (Fsp3) is 0.100. The topological polar surface area (TPSA) is 79.7 Å². The Morgan fingerprint density at radius 2 is 2.07 bits per heavy atom. The number of hydrazine groups is 2. The van der Waals surface area contributed by atoms with Gasteiger partial charge in [0.15, 0.2) is 0 Å². The predicted molar refractivity (Wildman–Crippen MR) is 59.9 cm³/mol. The third kappa shape index (κ3) is 1.92. The zero-order valence-electron chi connectivity index (χ0n) is 8.44. The number of rotatable bonds is 1. The Morgan fingerprint density at radius 1 is 1.33 bits per heavy atom. The number of aryl methyl sites for hydroxylation is 1. The summed E-state index contributed by atoms with van der Waals surface area (Å²) >= 11 is 0. The third-order valence-corrected chi connectivity index (χ3v) is 2.19. The van der Waals surface area contributed by atoms with Crippen molar-refractivity contribution in [2.75, 3.05) is 0 Å². The Hall–Kier alpha value is -2.01. The molecule has 0 aromatic heterocycles. The van der Waals surface area contributed by atoms with Crippen LogP contribution >= 0.6 is 0 Å². The van der Waals surface area contributed by atoms with E-state index in [2.05, 4.69) is 10.5 Å². The van der Waals surface area contributed by atoms with Crippen molar-refractivity contribution in [1.82, 2.24) is 10.7 Å². The smallest absolute Gasteiger partial charge is 0.149 e. The molecule has 1 aliphatic rings. The molecule has 0 unspecified atom stereocenters. The van der Waals surface area contributed by atoms with Gasteiger partial charge in [-0.3, -0.25) is 5.43 Å². The number of hydrazone groups is 1. The normalized spacial score (nSPS) is 15.5. The SMILES string of the molecule is Cc1ccccc1C1=CC(N)=NN(N)N1. The number of amidine groups is 1. The van der Waals surface area contributed by atoms with E-state index in [0.29, 0.717) is 5.84 Å². The van der Waals surface area contributed by atoms with Gasteiger partial charge in [0.1, 0.15) is 5.84 Å². The highest BCUT2D eigenvalue weighted by molar-refractivity contribution is 5.98. The zero-order chi connectivity index (χ0) is 10.8. The molecule has 15 heavy (non-hydrogen) atoms. The van der Waals surface area contributed by atoms with Crippen LogP contribution in [-0.4, -0.2) is 11.1 Å². The highest BCUT2D eigenvalue weighted by Crippen LogP contribution is 2.17. The molecule has 0 radical (unpaired) electrons. The molecule has 2 rings (SSSR count).